The monoisotopic (exact) mass is 340 g/mol. The molecule has 1 rings (SSSR count). The number of hydrogen-bond donors (Lipinski definition) is 1. The van der Waals surface area contributed by atoms with Crippen molar-refractivity contribution in [2.24, 2.45) is 0 Å². The molecular formula is C19H32O3S. The molecule has 0 saturated heterocycles. The maximum atomic E-state index is 12.2. The van der Waals surface area contributed by atoms with Crippen molar-refractivity contribution in [2.75, 3.05) is 0 Å². The maximum Gasteiger partial charge on any atom is 0.295 e. The van der Waals surface area contributed by atoms with Crippen LogP contribution >= 0.6 is 0 Å². The van der Waals surface area contributed by atoms with Crippen LogP contribution in [0.3, 0.4) is 0 Å². The largest absolute Gasteiger partial charge is 0.295 e. The summed E-state index contributed by atoms with van der Waals surface area (Å²) in [4.78, 5) is 0.0861. The molecule has 0 fully saturated rings. The molecule has 0 amide bonds. The van der Waals surface area contributed by atoms with Gasteiger partial charge in [-0.3, -0.25) is 4.55 Å². The van der Waals surface area contributed by atoms with Crippen LogP contribution in [-0.2, 0) is 26.4 Å². The second-order valence-electron chi connectivity index (χ2n) is 9.53. The summed E-state index contributed by atoms with van der Waals surface area (Å²) in [5.41, 5.74) is 2.58. The fourth-order valence-corrected chi connectivity index (χ4v) is 4.63. The Balaban J connectivity index is 4.22. The van der Waals surface area contributed by atoms with Crippen LogP contribution in [0.4, 0.5) is 0 Å². The van der Waals surface area contributed by atoms with Gasteiger partial charge in [-0.2, -0.15) is 8.42 Å². The van der Waals surface area contributed by atoms with E-state index in [4.69, 9.17) is 0 Å². The van der Waals surface area contributed by atoms with Gasteiger partial charge in [-0.25, -0.2) is 0 Å². The quantitative estimate of drug-likeness (QED) is 0.721. The van der Waals surface area contributed by atoms with E-state index >= 15 is 0 Å². The van der Waals surface area contributed by atoms with E-state index in [0.29, 0.717) is 5.56 Å². The van der Waals surface area contributed by atoms with Crippen molar-refractivity contribution < 1.29 is 13.0 Å². The van der Waals surface area contributed by atoms with Gasteiger partial charge in [-0.15, -0.1) is 0 Å². The van der Waals surface area contributed by atoms with Gasteiger partial charge in [0.1, 0.15) is 4.90 Å². The summed E-state index contributed by atoms with van der Waals surface area (Å²) in [6, 6.07) is 1.97. The van der Waals surface area contributed by atoms with Crippen LogP contribution in [0.15, 0.2) is 11.0 Å². The van der Waals surface area contributed by atoms with Crippen molar-refractivity contribution in [1.82, 2.24) is 0 Å². The van der Waals surface area contributed by atoms with Gasteiger partial charge in [0.15, 0.2) is 0 Å². The van der Waals surface area contributed by atoms with Crippen LogP contribution in [0.1, 0.15) is 84.6 Å². The summed E-state index contributed by atoms with van der Waals surface area (Å²) in [5.74, 6) is 0. The zero-order chi connectivity index (χ0) is 18.6. The Morgan fingerprint density at radius 1 is 0.783 bits per heavy atom. The summed E-state index contributed by atoms with van der Waals surface area (Å²) in [6.07, 6.45) is 0. The van der Waals surface area contributed by atoms with Gasteiger partial charge in [0.05, 0.1) is 0 Å². The average molecular weight is 341 g/mol. The lowest BCUT2D eigenvalue weighted by Crippen LogP contribution is -2.28. The molecule has 0 unspecified atom stereocenters. The van der Waals surface area contributed by atoms with E-state index in [9.17, 15) is 13.0 Å². The van der Waals surface area contributed by atoms with Gasteiger partial charge in [0.2, 0.25) is 0 Å². The predicted octanol–water partition coefficient (Wildman–Crippen LogP) is 5.13. The zero-order valence-corrected chi connectivity index (χ0v) is 17.1. The third-order valence-corrected chi connectivity index (χ3v) is 5.10. The fourth-order valence-electron chi connectivity index (χ4n) is 3.26. The van der Waals surface area contributed by atoms with Crippen LogP contribution in [0.2, 0.25) is 0 Å². The number of rotatable bonds is 1. The molecule has 0 atom stereocenters. The molecule has 0 aromatic heterocycles. The fraction of sp³-hybridized carbons (Fsp3) is 0.684. The van der Waals surface area contributed by atoms with Gasteiger partial charge in [0, 0.05) is 0 Å². The van der Waals surface area contributed by atoms with Crippen LogP contribution < -0.4 is 0 Å². The van der Waals surface area contributed by atoms with Crippen LogP contribution in [-0.4, -0.2) is 13.0 Å². The SMILES string of the molecule is Cc1c(C(C)(C)C)cc(C(C)(C)C)c(S(=O)(=O)O)c1C(C)(C)C. The molecule has 0 spiro atoms. The minimum absolute atomic E-state index is 0.0861. The Hall–Kier alpha value is -0.870. The van der Waals surface area contributed by atoms with Crippen molar-refractivity contribution >= 4 is 10.1 Å². The maximum absolute atomic E-state index is 12.2. The summed E-state index contributed by atoms with van der Waals surface area (Å²) in [6.45, 7) is 20.2. The molecular weight excluding hydrogens is 308 g/mol. The Kier molecular flexibility index (Phi) is 4.91. The van der Waals surface area contributed by atoms with Gasteiger partial charge in [-0.1, -0.05) is 68.4 Å². The second-order valence-corrected chi connectivity index (χ2v) is 10.9. The molecule has 1 aromatic rings. The molecule has 4 heteroatoms. The first kappa shape index (κ1) is 20.2. The number of benzene rings is 1. The van der Waals surface area contributed by atoms with Crippen molar-refractivity contribution in [2.45, 2.75) is 90.4 Å². The lowest BCUT2D eigenvalue weighted by molar-refractivity contribution is 0.463. The molecule has 0 saturated carbocycles. The minimum atomic E-state index is -4.32. The highest BCUT2D eigenvalue weighted by molar-refractivity contribution is 7.86. The van der Waals surface area contributed by atoms with Crippen LogP contribution in [0, 0.1) is 6.92 Å². The van der Waals surface area contributed by atoms with Gasteiger partial charge >= 0.3 is 0 Å². The Morgan fingerprint density at radius 2 is 1.17 bits per heavy atom. The molecule has 0 aliphatic rings. The predicted molar refractivity (Wildman–Crippen MR) is 97.1 cm³/mol. The van der Waals surface area contributed by atoms with Crippen LogP contribution in [0.5, 0.6) is 0 Å². The highest BCUT2D eigenvalue weighted by Crippen LogP contribution is 2.43. The molecule has 0 bridgehead atoms. The smallest absolute Gasteiger partial charge is 0.282 e. The highest BCUT2D eigenvalue weighted by Gasteiger charge is 2.36. The molecule has 1 aromatic carbocycles. The van der Waals surface area contributed by atoms with Gasteiger partial charge in [0.25, 0.3) is 10.1 Å². The average Bonchev–Trinajstić information content (AvgIpc) is 2.21. The molecule has 0 heterocycles. The van der Waals surface area contributed by atoms with E-state index in [1.54, 1.807) is 0 Å². The first-order valence-electron chi connectivity index (χ1n) is 8.05. The van der Waals surface area contributed by atoms with Crippen LogP contribution in [0.25, 0.3) is 0 Å². The lowest BCUT2D eigenvalue weighted by atomic mass is 9.72. The number of hydrogen-bond acceptors (Lipinski definition) is 2. The van der Waals surface area contributed by atoms with Crippen molar-refractivity contribution in [3.63, 3.8) is 0 Å². The molecule has 0 aliphatic carbocycles. The summed E-state index contributed by atoms with van der Waals surface area (Å²) >= 11 is 0. The van der Waals surface area contributed by atoms with Gasteiger partial charge < -0.3 is 0 Å². The summed E-state index contributed by atoms with van der Waals surface area (Å²) in [5, 5.41) is 0. The third-order valence-electron chi connectivity index (χ3n) is 4.16. The van der Waals surface area contributed by atoms with E-state index in [1.807, 2.05) is 54.5 Å². The third kappa shape index (κ3) is 4.16. The van der Waals surface area contributed by atoms with Crippen molar-refractivity contribution in [1.29, 1.82) is 0 Å². The summed E-state index contributed by atoms with van der Waals surface area (Å²) < 4.78 is 34.4. The first-order chi connectivity index (χ1) is 9.88. The summed E-state index contributed by atoms with van der Waals surface area (Å²) in [7, 11) is -4.32. The van der Waals surface area contributed by atoms with Crippen molar-refractivity contribution in [3.8, 4) is 0 Å². The molecule has 3 nitrogen and oxygen atoms in total. The van der Waals surface area contributed by atoms with E-state index in [0.717, 1.165) is 16.7 Å². The standard InChI is InChI=1S/C19H32O3S/c1-12-13(17(2,3)4)11-14(18(5,6)7)16(23(20,21)22)15(12)19(8,9)10/h11H,1-10H3,(H,20,21,22). The Labute approximate surface area is 142 Å². The van der Waals surface area contributed by atoms with Gasteiger partial charge in [-0.05, 0) is 45.4 Å². The topological polar surface area (TPSA) is 54.4 Å². The van der Waals surface area contributed by atoms with E-state index in [2.05, 4.69) is 20.8 Å². The molecule has 1 N–H and O–H groups in total. The molecule has 132 valence electrons. The molecule has 0 radical (unpaired) electrons. The van der Waals surface area contributed by atoms with E-state index < -0.39 is 20.9 Å². The van der Waals surface area contributed by atoms with Crippen molar-refractivity contribution in [3.05, 3.63) is 28.3 Å². The first-order valence-corrected chi connectivity index (χ1v) is 9.49. The normalized spacial score (nSPS) is 14.2. The van der Waals surface area contributed by atoms with E-state index in [-0.39, 0.29) is 10.3 Å². The van der Waals surface area contributed by atoms with E-state index in [1.165, 1.54) is 0 Å². The zero-order valence-electron chi connectivity index (χ0n) is 16.2. The Bertz CT molecular complexity index is 707. The minimum Gasteiger partial charge on any atom is -0.282 e. The lowest BCUT2D eigenvalue weighted by Gasteiger charge is -2.34. The molecule has 23 heavy (non-hydrogen) atoms. The highest BCUT2D eigenvalue weighted by atomic mass is 32.2. The molecule has 0 aliphatic heterocycles. The second kappa shape index (κ2) is 5.59. The Morgan fingerprint density at radius 3 is 1.43 bits per heavy atom.